The third kappa shape index (κ3) is 6.06. The van der Waals surface area contributed by atoms with Crippen molar-refractivity contribution in [1.29, 1.82) is 0 Å². The molecule has 1 aliphatic rings. The number of aliphatic hydroxyl groups is 1. The normalized spacial score (nSPS) is 26.2. The maximum atomic E-state index is 11.7. The highest BCUT2D eigenvalue weighted by atomic mass is 16.7. The first-order valence-corrected chi connectivity index (χ1v) is 8.83. The van der Waals surface area contributed by atoms with E-state index in [-0.39, 0.29) is 0 Å². The highest BCUT2D eigenvalue weighted by Gasteiger charge is 2.52. The maximum Gasteiger partial charge on any atom is 0.303 e. The molecule has 0 radical (unpaired) electrons. The summed E-state index contributed by atoms with van der Waals surface area (Å²) < 4.78 is 32.3. The molecule has 1 N–H and O–H groups in total. The molecule has 1 saturated heterocycles. The lowest BCUT2D eigenvalue weighted by Crippen LogP contribution is -2.63. The van der Waals surface area contributed by atoms with Crippen molar-refractivity contribution >= 4 is 17.9 Å². The van der Waals surface area contributed by atoms with Gasteiger partial charge in [-0.1, -0.05) is 0 Å². The van der Waals surface area contributed by atoms with E-state index in [2.05, 4.69) is 0 Å². The van der Waals surface area contributed by atoms with Gasteiger partial charge in [0, 0.05) is 20.8 Å². The molecule has 1 aromatic carbocycles. The lowest BCUT2D eigenvalue weighted by molar-refractivity contribution is -0.287. The molecule has 10 heteroatoms. The number of hydrogen-bond acceptors (Lipinski definition) is 10. The zero-order chi connectivity index (χ0) is 21.6. The number of methoxy groups -OCH3 is 1. The summed E-state index contributed by atoms with van der Waals surface area (Å²) in [5, 5.41) is 9.71. The third-order valence-corrected chi connectivity index (χ3v) is 3.99. The first kappa shape index (κ1) is 22.4. The molecule has 1 unspecified atom stereocenters. The van der Waals surface area contributed by atoms with Crippen molar-refractivity contribution in [1.82, 2.24) is 0 Å². The number of hydrogen-bond donors (Lipinski definition) is 1. The summed E-state index contributed by atoms with van der Waals surface area (Å²) >= 11 is 0. The number of carbonyl (C=O) groups is 3. The number of aliphatic hydroxyl groups excluding tert-OH is 1. The van der Waals surface area contributed by atoms with Crippen LogP contribution in [0.15, 0.2) is 24.3 Å². The molecule has 0 aliphatic carbocycles. The van der Waals surface area contributed by atoms with Gasteiger partial charge in [-0.05, 0) is 24.3 Å². The van der Waals surface area contributed by atoms with Crippen LogP contribution in [0.3, 0.4) is 0 Å². The van der Waals surface area contributed by atoms with Crippen molar-refractivity contribution in [2.75, 3.05) is 13.7 Å². The van der Waals surface area contributed by atoms with E-state index in [1.54, 1.807) is 24.3 Å². The fourth-order valence-electron chi connectivity index (χ4n) is 2.89. The summed E-state index contributed by atoms with van der Waals surface area (Å²) in [5.74, 6) is -1.14. The molecule has 0 aromatic heterocycles. The van der Waals surface area contributed by atoms with E-state index in [1.165, 1.54) is 7.11 Å². The number of carbonyl (C=O) groups excluding carboxylic acids is 3. The van der Waals surface area contributed by atoms with E-state index in [0.29, 0.717) is 11.5 Å². The Morgan fingerprint density at radius 2 is 1.34 bits per heavy atom. The average Bonchev–Trinajstić information content (AvgIpc) is 2.65. The molecule has 0 amide bonds. The van der Waals surface area contributed by atoms with E-state index in [4.69, 9.17) is 28.4 Å². The van der Waals surface area contributed by atoms with Gasteiger partial charge in [0.05, 0.1) is 13.7 Å². The molecular formula is C19H24O10. The summed E-state index contributed by atoms with van der Waals surface area (Å²) in [6, 6.07) is 6.49. The van der Waals surface area contributed by atoms with Crippen LogP contribution in [0, 0.1) is 0 Å². The van der Waals surface area contributed by atoms with Crippen LogP contribution < -0.4 is 9.47 Å². The summed E-state index contributed by atoms with van der Waals surface area (Å²) in [7, 11) is 1.52. The van der Waals surface area contributed by atoms with Crippen molar-refractivity contribution in [2.24, 2.45) is 0 Å². The van der Waals surface area contributed by atoms with E-state index < -0.39 is 55.2 Å². The summed E-state index contributed by atoms with van der Waals surface area (Å²) in [6.45, 7) is 2.90. The minimum absolute atomic E-state index is 0.345. The largest absolute Gasteiger partial charge is 0.497 e. The Morgan fingerprint density at radius 3 is 1.83 bits per heavy atom. The van der Waals surface area contributed by atoms with Crippen LogP contribution in [-0.2, 0) is 33.3 Å². The fraction of sp³-hybridized carbons (Fsp3) is 0.526. The molecule has 5 atom stereocenters. The van der Waals surface area contributed by atoms with Gasteiger partial charge in [-0.15, -0.1) is 0 Å². The van der Waals surface area contributed by atoms with Crippen molar-refractivity contribution in [3.63, 3.8) is 0 Å². The molecule has 10 nitrogen and oxygen atoms in total. The molecule has 1 aromatic rings. The van der Waals surface area contributed by atoms with Crippen molar-refractivity contribution in [3.05, 3.63) is 24.3 Å². The van der Waals surface area contributed by atoms with Gasteiger partial charge in [0.1, 0.15) is 17.6 Å². The summed E-state index contributed by atoms with van der Waals surface area (Å²) in [6.07, 6.45) is -6.06. The number of rotatable bonds is 7. The lowest BCUT2D eigenvalue weighted by Gasteiger charge is -2.43. The Bertz CT molecular complexity index is 716. The molecule has 0 saturated carbocycles. The van der Waals surface area contributed by atoms with Gasteiger partial charge in [-0.2, -0.15) is 0 Å². The second-order valence-electron chi connectivity index (χ2n) is 6.24. The first-order valence-electron chi connectivity index (χ1n) is 8.83. The minimum atomic E-state index is -1.26. The van der Waals surface area contributed by atoms with Crippen LogP contribution >= 0.6 is 0 Å². The van der Waals surface area contributed by atoms with Crippen LogP contribution in [0.25, 0.3) is 0 Å². The van der Waals surface area contributed by atoms with Gasteiger partial charge in [0.15, 0.2) is 12.2 Å². The molecular weight excluding hydrogens is 388 g/mol. The molecule has 1 aliphatic heterocycles. The Kier molecular flexibility index (Phi) is 7.80. The van der Waals surface area contributed by atoms with Gasteiger partial charge in [0.2, 0.25) is 12.4 Å². The number of benzene rings is 1. The fourth-order valence-corrected chi connectivity index (χ4v) is 2.89. The van der Waals surface area contributed by atoms with Crippen LogP contribution in [0.2, 0.25) is 0 Å². The van der Waals surface area contributed by atoms with Gasteiger partial charge >= 0.3 is 17.9 Å². The third-order valence-electron chi connectivity index (χ3n) is 3.99. The predicted molar refractivity (Wildman–Crippen MR) is 96.0 cm³/mol. The van der Waals surface area contributed by atoms with Gasteiger partial charge < -0.3 is 33.5 Å². The van der Waals surface area contributed by atoms with Gasteiger partial charge in [0.25, 0.3) is 0 Å². The molecule has 0 spiro atoms. The average molecular weight is 412 g/mol. The van der Waals surface area contributed by atoms with Gasteiger partial charge in [-0.25, -0.2) is 0 Å². The second kappa shape index (κ2) is 10.1. The second-order valence-corrected chi connectivity index (χ2v) is 6.24. The SMILES string of the molecule is COc1ccc(OC2O[C@H](CO)[C@@H](OC(C)=O)[C@H](OC(C)=O)[C@@H]2OC(C)=O)cc1. The van der Waals surface area contributed by atoms with Crippen LogP contribution in [-0.4, -0.2) is 67.4 Å². The highest BCUT2D eigenvalue weighted by Crippen LogP contribution is 2.31. The predicted octanol–water partition coefficient (Wildman–Crippen LogP) is 0.586. The Labute approximate surface area is 167 Å². The van der Waals surface area contributed by atoms with E-state index >= 15 is 0 Å². The van der Waals surface area contributed by atoms with Crippen molar-refractivity contribution < 1.29 is 47.9 Å². The minimum Gasteiger partial charge on any atom is -0.497 e. The lowest BCUT2D eigenvalue weighted by atomic mass is 9.98. The summed E-state index contributed by atoms with van der Waals surface area (Å²) in [4.78, 5) is 34.8. The van der Waals surface area contributed by atoms with Crippen LogP contribution in [0.5, 0.6) is 11.5 Å². The zero-order valence-electron chi connectivity index (χ0n) is 16.5. The van der Waals surface area contributed by atoms with E-state index in [1.807, 2.05) is 0 Å². The number of ether oxygens (including phenoxy) is 6. The number of esters is 3. The molecule has 1 fully saturated rings. The van der Waals surface area contributed by atoms with Crippen molar-refractivity contribution in [3.8, 4) is 11.5 Å². The Hall–Kier alpha value is -2.85. The first-order chi connectivity index (χ1) is 13.7. The molecule has 0 bridgehead atoms. The maximum absolute atomic E-state index is 11.7. The van der Waals surface area contributed by atoms with Gasteiger partial charge in [-0.3, -0.25) is 14.4 Å². The van der Waals surface area contributed by atoms with E-state index in [0.717, 1.165) is 20.8 Å². The van der Waals surface area contributed by atoms with E-state index in [9.17, 15) is 19.5 Å². The highest BCUT2D eigenvalue weighted by molar-refractivity contribution is 5.68. The smallest absolute Gasteiger partial charge is 0.303 e. The molecule has 1 heterocycles. The topological polar surface area (TPSA) is 127 Å². The van der Waals surface area contributed by atoms with Crippen LogP contribution in [0.1, 0.15) is 20.8 Å². The monoisotopic (exact) mass is 412 g/mol. The molecule has 160 valence electrons. The Morgan fingerprint density at radius 1 is 0.862 bits per heavy atom. The standard InChI is InChI=1S/C19H24O10/c1-10(21)25-16-15(9-20)29-19(28-14-7-5-13(24-4)6-8-14)18(27-12(3)23)17(16)26-11(2)22/h5-8,15-20H,9H2,1-4H3/t15-,16-,17+,18+,19?/m1/s1. The quantitative estimate of drug-likeness (QED) is 0.502. The van der Waals surface area contributed by atoms with Crippen LogP contribution in [0.4, 0.5) is 0 Å². The molecule has 29 heavy (non-hydrogen) atoms. The Balaban J connectivity index is 2.37. The van der Waals surface area contributed by atoms with Crippen molar-refractivity contribution in [2.45, 2.75) is 51.5 Å². The summed E-state index contributed by atoms with van der Waals surface area (Å²) in [5.41, 5.74) is 0. The molecule has 2 rings (SSSR count). The zero-order valence-corrected chi connectivity index (χ0v) is 16.5.